The first-order valence-corrected chi connectivity index (χ1v) is 5.68. The molecule has 0 aliphatic carbocycles. The number of anilines is 1. The first-order valence-electron chi connectivity index (χ1n) is 4.90. The molecular weight excluding hydrogens is 258 g/mol. The Labute approximate surface area is 106 Å². The highest BCUT2D eigenvalue weighted by Gasteiger charge is 2.25. The molecule has 0 saturated heterocycles. The van der Waals surface area contributed by atoms with E-state index >= 15 is 0 Å². The van der Waals surface area contributed by atoms with Gasteiger partial charge < -0.3 is 9.63 Å². The van der Waals surface area contributed by atoms with Crippen LogP contribution >= 0.6 is 11.5 Å². The number of carbonyl (C=O) groups is 2. The van der Waals surface area contributed by atoms with Crippen LogP contribution in [0.15, 0.2) is 16.8 Å². The van der Waals surface area contributed by atoms with Gasteiger partial charge in [0, 0.05) is 13.1 Å². The fourth-order valence-corrected chi connectivity index (χ4v) is 2.26. The minimum absolute atomic E-state index is 0.0235. The zero-order chi connectivity index (χ0) is 13.3. The number of aromatic carboxylic acids is 1. The predicted octanol–water partition coefficient (Wildman–Crippen LogP) is 1.41. The van der Waals surface area contributed by atoms with Crippen molar-refractivity contribution in [1.29, 1.82) is 0 Å². The molecule has 2 aromatic rings. The second-order valence-electron chi connectivity index (χ2n) is 3.49. The van der Waals surface area contributed by atoms with Gasteiger partial charge in [-0.15, -0.1) is 0 Å². The van der Waals surface area contributed by atoms with Gasteiger partial charge in [-0.25, -0.2) is 4.79 Å². The van der Waals surface area contributed by atoms with E-state index in [0.717, 1.165) is 11.5 Å². The third-order valence-corrected chi connectivity index (χ3v) is 3.33. The quantitative estimate of drug-likeness (QED) is 0.903. The summed E-state index contributed by atoms with van der Waals surface area (Å²) in [5, 5.41) is 12.8. The predicted molar refractivity (Wildman–Crippen MR) is 63.0 cm³/mol. The first kappa shape index (κ1) is 12.2. The molecule has 2 aromatic heterocycles. The van der Waals surface area contributed by atoms with Gasteiger partial charge in [-0.2, -0.15) is 4.37 Å². The van der Waals surface area contributed by atoms with Crippen LogP contribution in [0.2, 0.25) is 0 Å². The molecule has 8 heteroatoms. The van der Waals surface area contributed by atoms with Crippen molar-refractivity contribution >= 4 is 28.4 Å². The summed E-state index contributed by atoms with van der Waals surface area (Å²) in [6.45, 7) is 1.58. The molecule has 7 nitrogen and oxygen atoms in total. The summed E-state index contributed by atoms with van der Waals surface area (Å²) in [6.07, 6.45) is 1.34. The lowest BCUT2D eigenvalue weighted by Crippen LogP contribution is -2.26. The molecule has 0 aliphatic rings. The van der Waals surface area contributed by atoms with Gasteiger partial charge in [-0.3, -0.25) is 9.69 Å². The fourth-order valence-electron chi connectivity index (χ4n) is 1.42. The number of hydrogen-bond acceptors (Lipinski definition) is 6. The monoisotopic (exact) mass is 267 g/mol. The Kier molecular flexibility index (Phi) is 3.11. The fraction of sp³-hybridized carbons (Fsp3) is 0.200. The van der Waals surface area contributed by atoms with Crippen molar-refractivity contribution < 1.29 is 19.2 Å². The van der Waals surface area contributed by atoms with Crippen molar-refractivity contribution in [2.24, 2.45) is 0 Å². The lowest BCUT2D eigenvalue weighted by molar-refractivity contribution is 0.0697. The van der Waals surface area contributed by atoms with Crippen molar-refractivity contribution in [3.8, 4) is 0 Å². The van der Waals surface area contributed by atoms with Crippen LogP contribution in [0.3, 0.4) is 0 Å². The second kappa shape index (κ2) is 4.57. The SMILES string of the molecule is Cc1nsc(N(C)C(=O)c2ccno2)c1C(=O)O. The number of carboxylic acids is 1. The Balaban J connectivity index is 2.38. The first-order chi connectivity index (χ1) is 8.52. The van der Waals surface area contributed by atoms with Crippen molar-refractivity contribution in [2.75, 3.05) is 11.9 Å². The zero-order valence-electron chi connectivity index (χ0n) is 9.58. The highest BCUT2D eigenvalue weighted by atomic mass is 32.1. The average Bonchev–Trinajstić information content (AvgIpc) is 2.95. The van der Waals surface area contributed by atoms with Gasteiger partial charge in [0.05, 0.1) is 11.9 Å². The topological polar surface area (TPSA) is 96.5 Å². The van der Waals surface area contributed by atoms with Gasteiger partial charge in [0.15, 0.2) is 0 Å². The van der Waals surface area contributed by atoms with E-state index in [0.29, 0.717) is 5.69 Å². The number of aromatic nitrogens is 2. The molecule has 0 bridgehead atoms. The highest BCUT2D eigenvalue weighted by Crippen LogP contribution is 2.28. The molecule has 0 spiro atoms. The maximum Gasteiger partial charge on any atom is 0.340 e. The number of carbonyl (C=O) groups excluding carboxylic acids is 1. The van der Waals surface area contributed by atoms with Crippen LogP contribution in [0, 0.1) is 6.92 Å². The van der Waals surface area contributed by atoms with Gasteiger partial charge in [-0.05, 0) is 18.5 Å². The summed E-state index contributed by atoms with van der Waals surface area (Å²) < 4.78 is 8.68. The molecule has 1 amide bonds. The molecule has 0 fully saturated rings. The van der Waals surface area contributed by atoms with Gasteiger partial charge in [0.2, 0.25) is 5.76 Å². The van der Waals surface area contributed by atoms with E-state index in [1.165, 1.54) is 24.2 Å². The van der Waals surface area contributed by atoms with E-state index in [2.05, 4.69) is 9.53 Å². The Hall–Kier alpha value is -2.22. The molecule has 0 aliphatic heterocycles. The largest absolute Gasteiger partial charge is 0.478 e. The van der Waals surface area contributed by atoms with Crippen LogP contribution in [0.5, 0.6) is 0 Å². The molecule has 1 N–H and O–H groups in total. The smallest absolute Gasteiger partial charge is 0.340 e. The zero-order valence-corrected chi connectivity index (χ0v) is 10.4. The molecule has 0 aromatic carbocycles. The summed E-state index contributed by atoms with van der Waals surface area (Å²) in [6, 6.07) is 1.41. The average molecular weight is 267 g/mol. The summed E-state index contributed by atoms with van der Waals surface area (Å²) >= 11 is 0.950. The van der Waals surface area contributed by atoms with E-state index in [1.54, 1.807) is 6.92 Å². The van der Waals surface area contributed by atoms with Gasteiger partial charge >= 0.3 is 5.97 Å². The lowest BCUT2D eigenvalue weighted by atomic mass is 10.2. The van der Waals surface area contributed by atoms with E-state index in [1.807, 2.05) is 0 Å². The van der Waals surface area contributed by atoms with Crippen molar-refractivity contribution in [3.05, 3.63) is 29.3 Å². The summed E-state index contributed by atoms with van der Waals surface area (Å²) in [7, 11) is 1.46. The van der Waals surface area contributed by atoms with Crippen LogP contribution in [0.25, 0.3) is 0 Å². The van der Waals surface area contributed by atoms with Gasteiger partial charge in [0.1, 0.15) is 10.6 Å². The number of amides is 1. The number of rotatable bonds is 3. The number of aryl methyl sites for hydroxylation is 1. The van der Waals surface area contributed by atoms with Gasteiger partial charge in [0.25, 0.3) is 5.91 Å². The Bertz CT molecular complexity index is 590. The maximum absolute atomic E-state index is 12.0. The molecule has 94 valence electrons. The summed E-state index contributed by atoms with van der Waals surface area (Å²) in [5.74, 6) is -1.55. The minimum Gasteiger partial charge on any atom is -0.478 e. The third kappa shape index (κ3) is 1.97. The van der Waals surface area contributed by atoms with Crippen LogP contribution in [0.1, 0.15) is 26.6 Å². The van der Waals surface area contributed by atoms with Crippen LogP contribution in [0.4, 0.5) is 5.00 Å². The molecule has 2 heterocycles. The minimum atomic E-state index is -1.12. The van der Waals surface area contributed by atoms with E-state index in [4.69, 9.17) is 9.63 Å². The van der Waals surface area contributed by atoms with Gasteiger partial charge in [-0.1, -0.05) is 5.16 Å². The number of nitrogens with zero attached hydrogens (tertiary/aromatic N) is 3. The molecule has 0 atom stereocenters. The molecular formula is C10H9N3O4S. The molecule has 0 radical (unpaired) electrons. The van der Waals surface area contributed by atoms with E-state index < -0.39 is 11.9 Å². The van der Waals surface area contributed by atoms with Crippen molar-refractivity contribution in [3.63, 3.8) is 0 Å². The molecule has 2 rings (SSSR count). The van der Waals surface area contributed by atoms with Crippen LogP contribution in [-0.4, -0.2) is 33.6 Å². The Morgan fingerprint density at radius 1 is 1.50 bits per heavy atom. The summed E-state index contributed by atoms with van der Waals surface area (Å²) in [5.41, 5.74) is 0.398. The van der Waals surface area contributed by atoms with E-state index in [9.17, 15) is 9.59 Å². The van der Waals surface area contributed by atoms with Crippen molar-refractivity contribution in [1.82, 2.24) is 9.53 Å². The Morgan fingerprint density at radius 2 is 2.22 bits per heavy atom. The number of hydrogen-bond donors (Lipinski definition) is 1. The van der Waals surface area contributed by atoms with E-state index in [-0.39, 0.29) is 16.3 Å². The van der Waals surface area contributed by atoms with Crippen LogP contribution in [-0.2, 0) is 0 Å². The summed E-state index contributed by atoms with van der Waals surface area (Å²) in [4.78, 5) is 24.3. The lowest BCUT2D eigenvalue weighted by Gasteiger charge is -2.13. The van der Waals surface area contributed by atoms with Crippen molar-refractivity contribution in [2.45, 2.75) is 6.92 Å². The maximum atomic E-state index is 12.0. The molecule has 0 saturated carbocycles. The van der Waals surface area contributed by atoms with Crippen LogP contribution < -0.4 is 4.90 Å². The normalized spacial score (nSPS) is 10.3. The third-order valence-electron chi connectivity index (χ3n) is 2.32. The Morgan fingerprint density at radius 3 is 2.78 bits per heavy atom. The highest BCUT2D eigenvalue weighted by molar-refractivity contribution is 7.11. The number of carboxylic acid groups (broad SMARTS) is 1. The standard InChI is InChI=1S/C10H9N3O4S/c1-5-7(10(15)16)9(18-12-5)13(2)8(14)6-3-4-11-17-6/h3-4H,1-2H3,(H,15,16). The molecule has 0 unspecified atom stereocenters. The second-order valence-corrected chi connectivity index (χ2v) is 4.25. The molecule has 18 heavy (non-hydrogen) atoms.